The van der Waals surface area contributed by atoms with Gasteiger partial charge in [-0.05, 0) is 44.9 Å². The largest absolute Gasteiger partial charge is 0.504 e. The number of hydrazine groups is 1. The van der Waals surface area contributed by atoms with Crippen molar-refractivity contribution >= 4 is 35.5 Å². The van der Waals surface area contributed by atoms with Crippen molar-refractivity contribution in [3.63, 3.8) is 0 Å². The number of piperidine rings is 1. The van der Waals surface area contributed by atoms with Crippen molar-refractivity contribution in [2.75, 3.05) is 5.43 Å². The molecule has 8 nitrogen and oxygen atoms in total. The molecule has 146 valence electrons. The Bertz CT molecular complexity index is 969. The van der Waals surface area contributed by atoms with Crippen molar-refractivity contribution < 1.29 is 19.4 Å². The van der Waals surface area contributed by atoms with Gasteiger partial charge in [-0.3, -0.25) is 5.43 Å². The molecule has 2 aliphatic rings. The zero-order valence-electron chi connectivity index (χ0n) is 15.7. The number of hydrogen-bond acceptors (Lipinski definition) is 7. The summed E-state index contributed by atoms with van der Waals surface area (Å²) in [7, 11) is 0. The summed E-state index contributed by atoms with van der Waals surface area (Å²) in [6, 6.07) is 4.09. The van der Waals surface area contributed by atoms with Gasteiger partial charge in [0.1, 0.15) is 0 Å². The molecule has 1 fully saturated rings. The van der Waals surface area contributed by atoms with E-state index in [0.29, 0.717) is 11.4 Å². The summed E-state index contributed by atoms with van der Waals surface area (Å²) in [6.07, 6.45) is 7.97. The molecule has 2 aromatic rings. The lowest BCUT2D eigenvalue weighted by Gasteiger charge is -2.38. The maximum Gasteiger partial charge on any atom is 0.345 e. The SMILES string of the molecule is CC1CCCC(C)N1Nc1oc(C=C2C=Nc3ncccc32)c(O)c1C(=O)O. The predicted molar refractivity (Wildman–Crippen MR) is 106 cm³/mol. The first-order valence-corrected chi connectivity index (χ1v) is 9.31. The number of allylic oxidation sites excluding steroid dienone is 1. The number of hydrogen-bond donors (Lipinski definition) is 3. The molecule has 2 aromatic heterocycles. The highest BCUT2D eigenvalue weighted by Crippen LogP contribution is 2.38. The number of pyridine rings is 1. The zero-order chi connectivity index (χ0) is 19.8. The van der Waals surface area contributed by atoms with Gasteiger partial charge < -0.3 is 14.6 Å². The number of nitrogens with one attached hydrogen (secondary N) is 1. The summed E-state index contributed by atoms with van der Waals surface area (Å²) in [5.41, 5.74) is 4.29. The van der Waals surface area contributed by atoms with E-state index in [1.165, 1.54) is 0 Å². The van der Waals surface area contributed by atoms with Crippen LogP contribution in [0.1, 0.15) is 54.8 Å². The number of aromatic hydroxyl groups is 1. The maximum absolute atomic E-state index is 11.8. The molecule has 1 saturated heterocycles. The van der Waals surface area contributed by atoms with Crippen LogP contribution >= 0.6 is 0 Å². The number of anilines is 1. The van der Waals surface area contributed by atoms with Crippen LogP contribution in [0.3, 0.4) is 0 Å². The molecule has 4 heterocycles. The fraction of sp³-hybridized carbons (Fsp3) is 0.350. The van der Waals surface area contributed by atoms with E-state index in [-0.39, 0.29) is 29.3 Å². The standard InChI is InChI=1S/C20H22N4O4/c1-11-5-3-6-12(2)24(11)23-19-16(20(26)27)17(25)15(28-19)9-13-10-22-18-14(13)7-4-8-21-18/h4,7-12,23,25H,3,5-6H2,1-2H3,(H,26,27). The second-order valence-corrected chi connectivity index (χ2v) is 7.20. The van der Waals surface area contributed by atoms with Crippen molar-refractivity contribution in [2.45, 2.75) is 45.2 Å². The Hall–Kier alpha value is -3.13. The van der Waals surface area contributed by atoms with E-state index in [9.17, 15) is 15.0 Å². The fourth-order valence-electron chi connectivity index (χ4n) is 3.76. The van der Waals surface area contributed by atoms with Crippen molar-refractivity contribution in [3.05, 3.63) is 35.2 Å². The number of aromatic carboxylic acids is 1. The smallest absolute Gasteiger partial charge is 0.345 e. The Kier molecular flexibility index (Phi) is 4.64. The van der Waals surface area contributed by atoms with Crippen LogP contribution in [0, 0.1) is 0 Å². The molecule has 0 saturated carbocycles. The molecule has 4 rings (SSSR count). The van der Waals surface area contributed by atoms with Crippen LogP contribution in [-0.2, 0) is 0 Å². The second kappa shape index (κ2) is 7.12. The van der Waals surface area contributed by atoms with Gasteiger partial charge in [0, 0.05) is 35.6 Å². The number of rotatable bonds is 4. The molecule has 2 atom stereocenters. The number of carboxylic acid groups (broad SMARTS) is 1. The minimum atomic E-state index is -1.26. The Balaban J connectivity index is 1.71. The summed E-state index contributed by atoms with van der Waals surface area (Å²) in [5.74, 6) is -1.000. The first kappa shape index (κ1) is 18.2. The van der Waals surface area contributed by atoms with Crippen molar-refractivity contribution in [3.8, 4) is 5.75 Å². The quantitative estimate of drug-likeness (QED) is 0.735. The van der Waals surface area contributed by atoms with Gasteiger partial charge in [0.05, 0.1) is 0 Å². The van der Waals surface area contributed by atoms with E-state index in [1.807, 2.05) is 11.1 Å². The Morgan fingerprint density at radius 1 is 1.36 bits per heavy atom. The van der Waals surface area contributed by atoms with E-state index < -0.39 is 11.7 Å². The van der Waals surface area contributed by atoms with Gasteiger partial charge in [0.25, 0.3) is 0 Å². The summed E-state index contributed by atoms with van der Waals surface area (Å²) in [5, 5.41) is 22.1. The highest BCUT2D eigenvalue weighted by molar-refractivity contribution is 6.21. The highest BCUT2D eigenvalue weighted by Gasteiger charge is 2.31. The van der Waals surface area contributed by atoms with Gasteiger partial charge in [-0.15, -0.1) is 0 Å². The maximum atomic E-state index is 11.8. The summed E-state index contributed by atoms with van der Waals surface area (Å²) in [4.78, 5) is 20.2. The molecule has 2 aliphatic heterocycles. The molecule has 3 N–H and O–H groups in total. The minimum absolute atomic E-state index is 0.0267. The molecule has 0 spiro atoms. The van der Waals surface area contributed by atoms with Gasteiger partial charge >= 0.3 is 5.97 Å². The van der Waals surface area contributed by atoms with Gasteiger partial charge in [-0.25, -0.2) is 19.8 Å². The third-order valence-corrected chi connectivity index (χ3v) is 5.26. The second-order valence-electron chi connectivity index (χ2n) is 7.20. The molecule has 0 radical (unpaired) electrons. The van der Waals surface area contributed by atoms with Crippen LogP contribution in [0.15, 0.2) is 27.7 Å². The molecule has 0 amide bonds. The molecule has 8 heteroatoms. The van der Waals surface area contributed by atoms with Crippen LogP contribution in [-0.4, -0.2) is 44.5 Å². The van der Waals surface area contributed by atoms with Crippen LogP contribution < -0.4 is 5.43 Å². The van der Waals surface area contributed by atoms with Gasteiger partial charge in [0.2, 0.25) is 5.88 Å². The first-order chi connectivity index (χ1) is 13.5. The number of carbonyl (C=O) groups is 1. The molecule has 0 aromatic carbocycles. The number of aromatic nitrogens is 1. The summed E-state index contributed by atoms with van der Waals surface area (Å²) >= 11 is 0. The molecule has 28 heavy (non-hydrogen) atoms. The number of aliphatic imine (C=N–C) groups is 1. The van der Waals surface area contributed by atoms with Crippen LogP contribution in [0.2, 0.25) is 0 Å². The van der Waals surface area contributed by atoms with E-state index in [4.69, 9.17) is 4.42 Å². The molecule has 0 bridgehead atoms. The zero-order valence-corrected chi connectivity index (χ0v) is 15.7. The molecular weight excluding hydrogens is 360 g/mol. The van der Waals surface area contributed by atoms with E-state index in [2.05, 4.69) is 29.2 Å². The van der Waals surface area contributed by atoms with Gasteiger partial charge in [0.15, 0.2) is 22.9 Å². The average molecular weight is 382 g/mol. The average Bonchev–Trinajstić information content (AvgIpc) is 3.20. The van der Waals surface area contributed by atoms with Gasteiger partial charge in [-0.2, -0.15) is 0 Å². The Morgan fingerprint density at radius 3 is 2.82 bits per heavy atom. The third kappa shape index (κ3) is 3.16. The van der Waals surface area contributed by atoms with E-state index in [1.54, 1.807) is 24.6 Å². The third-order valence-electron chi connectivity index (χ3n) is 5.26. The van der Waals surface area contributed by atoms with E-state index >= 15 is 0 Å². The van der Waals surface area contributed by atoms with Gasteiger partial charge in [-0.1, -0.05) is 6.42 Å². The molecule has 0 aliphatic carbocycles. The molecular formula is C20H22N4O4. The minimum Gasteiger partial charge on any atom is -0.504 e. The highest BCUT2D eigenvalue weighted by atomic mass is 16.4. The Morgan fingerprint density at radius 2 is 2.11 bits per heavy atom. The number of carboxylic acids is 1. The topological polar surface area (TPSA) is 111 Å². The fourth-order valence-corrected chi connectivity index (χ4v) is 3.76. The normalized spacial score (nSPS) is 23.1. The van der Waals surface area contributed by atoms with E-state index in [0.717, 1.165) is 24.8 Å². The van der Waals surface area contributed by atoms with Crippen LogP contribution in [0.4, 0.5) is 11.7 Å². The monoisotopic (exact) mass is 382 g/mol. The Labute approximate surface area is 162 Å². The van der Waals surface area contributed by atoms with Crippen molar-refractivity contribution in [1.29, 1.82) is 0 Å². The van der Waals surface area contributed by atoms with Crippen molar-refractivity contribution in [1.82, 2.24) is 9.99 Å². The lowest BCUT2D eigenvalue weighted by atomic mass is 10.00. The lowest BCUT2D eigenvalue weighted by Crippen LogP contribution is -2.47. The molecule has 2 unspecified atom stereocenters. The first-order valence-electron chi connectivity index (χ1n) is 9.31. The number of nitrogens with zero attached hydrogens (tertiary/aromatic N) is 3. The lowest BCUT2D eigenvalue weighted by molar-refractivity contribution is 0.0692. The van der Waals surface area contributed by atoms with Crippen molar-refractivity contribution in [2.24, 2.45) is 4.99 Å². The summed E-state index contributed by atoms with van der Waals surface area (Å²) in [6.45, 7) is 4.15. The van der Waals surface area contributed by atoms with Crippen LogP contribution in [0.5, 0.6) is 5.75 Å². The predicted octanol–water partition coefficient (Wildman–Crippen LogP) is 3.92. The summed E-state index contributed by atoms with van der Waals surface area (Å²) < 4.78 is 5.74. The van der Waals surface area contributed by atoms with Crippen LogP contribution in [0.25, 0.3) is 11.6 Å². The number of fused-ring (bicyclic) bond motifs is 1. The number of furan rings is 1.